The average Bonchev–Trinajstić information content (AvgIpc) is 2.12. The third-order valence-corrected chi connectivity index (χ3v) is 1.87. The van der Waals surface area contributed by atoms with E-state index in [-0.39, 0.29) is 11.6 Å². The minimum atomic E-state index is 0.276. The number of allylic oxidation sites excluding steroid dienone is 1. The largest absolute Gasteiger partial charge is 0.381 e. The normalized spacial score (nSPS) is 10.8. The van der Waals surface area contributed by atoms with Gasteiger partial charge in [0.05, 0.1) is 11.9 Å². The van der Waals surface area contributed by atoms with Gasteiger partial charge in [-0.25, -0.2) is 9.97 Å². The highest BCUT2D eigenvalue weighted by molar-refractivity contribution is 9.09. The van der Waals surface area contributed by atoms with E-state index in [1.807, 2.05) is 12.2 Å². The lowest BCUT2D eigenvalue weighted by Crippen LogP contribution is -2.01. The van der Waals surface area contributed by atoms with Crippen LogP contribution < -0.4 is 11.5 Å². The fraction of sp³-hybridized carbons (Fsp3) is 0.250. The summed E-state index contributed by atoms with van der Waals surface area (Å²) in [5, 5.41) is 0.932. The number of nitrogens with zero attached hydrogens (tertiary/aromatic N) is 2. The first-order chi connectivity index (χ1) is 6.24. The minimum Gasteiger partial charge on any atom is -0.381 e. The standard InChI is InChI=1S/C8H11BrN4/c9-4-2-1-3-6-5-12-7(10)8(11)13-6/h1,3,5H,2,4H2,(H2,10,12)(H2,11,13). The summed E-state index contributed by atoms with van der Waals surface area (Å²) in [4.78, 5) is 7.92. The molecule has 0 spiro atoms. The summed E-state index contributed by atoms with van der Waals surface area (Å²) >= 11 is 3.32. The van der Waals surface area contributed by atoms with Gasteiger partial charge < -0.3 is 11.5 Å². The molecule has 0 fully saturated rings. The van der Waals surface area contributed by atoms with Crippen LogP contribution in [0.25, 0.3) is 6.08 Å². The van der Waals surface area contributed by atoms with Crippen LogP contribution in [-0.2, 0) is 0 Å². The van der Waals surface area contributed by atoms with Gasteiger partial charge in [0.25, 0.3) is 0 Å². The lowest BCUT2D eigenvalue weighted by molar-refractivity contribution is 1.19. The molecule has 0 saturated carbocycles. The lowest BCUT2D eigenvalue weighted by atomic mass is 10.3. The summed E-state index contributed by atoms with van der Waals surface area (Å²) in [6, 6.07) is 0. The highest BCUT2D eigenvalue weighted by Gasteiger charge is 1.96. The van der Waals surface area contributed by atoms with E-state index in [0.717, 1.165) is 17.4 Å². The van der Waals surface area contributed by atoms with E-state index in [0.29, 0.717) is 0 Å². The quantitative estimate of drug-likeness (QED) is 0.787. The van der Waals surface area contributed by atoms with E-state index < -0.39 is 0 Å². The minimum absolute atomic E-state index is 0.276. The van der Waals surface area contributed by atoms with Gasteiger partial charge in [-0.1, -0.05) is 22.0 Å². The Bertz CT molecular complexity index is 311. The van der Waals surface area contributed by atoms with Crippen LogP contribution in [0.5, 0.6) is 0 Å². The van der Waals surface area contributed by atoms with Crippen LogP contribution in [0, 0.1) is 0 Å². The summed E-state index contributed by atoms with van der Waals surface area (Å²) < 4.78 is 0. The molecule has 1 rings (SSSR count). The van der Waals surface area contributed by atoms with Gasteiger partial charge in [-0.2, -0.15) is 0 Å². The molecule has 0 aliphatic rings. The predicted molar refractivity (Wildman–Crippen MR) is 58.3 cm³/mol. The topological polar surface area (TPSA) is 77.8 Å². The predicted octanol–water partition coefficient (Wildman–Crippen LogP) is 1.44. The van der Waals surface area contributed by atoms with E-state index in [4.69, 9.17) is 11.5 Å². The zero-order chi connectivity index (χ0) is 9.68. The first kappa shape index (κ1) is 9.98. The molecule has 1 aromatic heterocycles. The Kier molecular flexibility index (Phi) is 3.70. The van der Waals surface area contributed by atoms with Crippen LogP contribution in [0.3, 0.4) is 0 Å². The summed E-state index contributed by atoms with van der Waals surface area (Å²) in [7, 11) is 0. The van der Waals surface area contributed by atoms with Gasteiger partial charge >= 0.3 is 0 Å². The molecule has 4 N–H and O–H groups in total. The van der Waals surface area contributed by atoms with Gasteiger partial charge in [0, 0.05) is 5.33 Å². The highest BCUT2D eigenvalue weighted by atomic mass is 79.9. The van der Waals surface area contributed by atoms with Crippen LogP contribution in [0.15, 0.2) is 12.3 Å². The van der Waals surface area contributed by atoms with Crippen molar-refractivity contribution in [1.29, 1.82) is 0 Å². The van der Waals surface area contributed by atoms with Crippen molar-refractivity contribution in [2.45, 2.75) is 6.42 Å². The van der Waals surface area contributed by atoms with Crippen molar-refractivity contribution in [1.82, 2.24) is 9.97 Å². The number of hydrogen-bond donors (Lipinski definition) is 2. The number of hydrogen-bond acceptors (Lipinski definition) is 4. The number of aromatic nitrogens is 2. The Morgan fingerprint density at radius 2 is 2.15 bits per heavy atom. The maximum Gasteiger partial charge on any atom is 0.166 e. The molecule has 1 aromatic rings. The van der Waals surface area contributed by atoms with Gasteiger partial charge in [0.2, 0.25) is 0 Å². The number of anilines is 2. The lowest BCUT2D eigenvalue weighted by Gasteiger charge is -1.97. The van der Waals surface area contributed by atoms with E-state index in [9.17, 15) is 0 Å². The molecule has 0 atom stereocenters. The molecular weight excluding hydrogens is 232 g/mol. The average molecular weight is 243 g/mol. The first-order valence-corrected chi connectivity index (χ1v) is 4.96. The Morgan fingerprint density at radius 1 is 1.38 bits per heavy atom. The third kappa shape index (κ3) is 3.02. The van der Waals surface area contributed by atoms with Crippen LogP contribution in [0.1, 0.15) is 12.1 Å². The molecule has 0 aromatic carbocycles. The van der Waals surface area contributed by atoms with Gasteiger partial charge in [0.1, 0.15) is 0 Å². The number of alkyl halides is 1. The zero-order valence-corrected chi connectivity index (χ0v) is 8.66. The van der Waals surface area contributed by atoms with Crippen molar-refractivity contribution in [3.63, 3.8) is 0 Å². The monoisotopic (exact) mass is 242 g/mol. The molecule has 0 aliphatic heterocycles. The molecule has 1 heterocycles. The van der Waals surface area contributed by atoms with Crippen molar-refractivity contribution in [2.24, 2.45) is 0 Å². The Hall–Kier alpha value is -1.10. The van der Waals surface area contributed by atoms with Gasteiger partial charge in [-0.3, -0.25) is 0 Å². The summed E-state index contributed by atoms with van der Waals surface area (Å²) in [6.07, 6.45) is 6.40. The molecule has 4 nitrogen and oxygen atoms in total. The van der Waals surface area contributed by atoms with E-state index in [2.05, 4.69) is 25.9 Å². The fourth-order valence-corrected chi connectivity index (χ4v) is 1.04. The number of nitrogens with two attached hydrogens (primary N) is 2. The molecule has 70 valence electrons. The second kappa shape index (κ2) is 4.81. The first-order valence-electron chi connectivity index (χ1n) is 3.84. The maximum atomic E-state index is 5.48. The number of rotatable bonds is 3. The number of halogens is 1. The van der Waals surface area contributed by atoms with Gasteiger partial charge in [0.15, 0.2) is 11.6 Å². The van der Waals surface area contributed by atoms with Crippen molar-refractivity contribution in [3.8, 4) is 0 Å². The van der Waals surface area contributed by atoms with Crippen LogP contribution in [0.4, 0.5) is 11.6 Å². The molecule has 0 aliphatic carbocycles. The fourth-order valence-electron chi connectivity index (χ4n) is 0.774. The van der Waals surface area contributed by atoms with Gasteiger partial charge in [-0.15, -0.1) is 0 Å². The molecule has 13 heavy (non-hydrogen) atoms. The Labute approximate surface area is 85.2 Å². The van der Waals surface area contributed by atoms with Crippen molar-refractivity contribution < 1.29 is 0 Å². The van der Waals surface area contributed by atoms with E-state index in [1.165, 1.54) is 0 Å². The third-order valence-electron chi connectivity index (χ3n) is 1.41. The van der Waals surface area contributed by atoms with Crippen LogP contribution in [-0.4, -0.2) is 15.3 Å². The summed E-state index contributed by atoms with van der Waals surface area (Å²) in [5.41, 5.74) is 11.6. The molecule has 0 saturated heterocycles. The molecule has 5 heteroatoms. The number of nitrogen functional groups attached to an aromatic ring is 2. The Balaban J connectivity index is 2.73. The second-order valence-electron chi connectivity index (χ2n) is 2.45. The molecule has 0 amide bonds. The van der Waals surface area contributed by atoms with Crippen LogP contribution in [0.2, 0.25) is 0 Å². The van der Waals surface area contributed by atoms with E-state index >= 15 is 0 Å². The van der Waals surface area contributed by atoms with Gasteiger partial charge in [-0.05, 0) is 12.5 Å². The highest BCUT2D eigenvalue weighted by Crippen LogP contribution is 2.08. The zero-order valence-electron chi connectivity index (χ0n) is 7.07. The van der Waals surface area contributed by atoms with Crippen molar-refractivity contribution in [3.05, 3.63) is 18.0 Å². The van der Waals surface area contributed by atoms with E-state index in [1.54, 1.807) is 6.20 Å². The Morgan fingerprint density at radius 3 is 2.77 bits per heavy atom. The summed E-state index contributed by atoms with van der Waals surface area (Å²) in [6.45, 7) is 0. The maximum absolute atomic E-state index is 5.48. The van der Waals surface area contributed by atoms with Crippen LogP contribution >= 0.6 is 15.9 Å². The molecule has 0 radical (unpaired) electrons. The SMILES string of the molecule is Nc1ncc(C=CCCBr)nc1N. The smallest absolute Gasteiger partial charge is 0.166 e. The molecular formula is C8H11BrN4. The summed E-state index contributed by atoms with van der Waals surface area (Å²) in [5.74, 6) is 0.554. The van der Waals surface area contributed by atoms with Crippen molar-refractivity contribution >= 4 is 33.6 Å². The second-order valence-corrected chi connectivity index (χ2v) is 3.24. The molecule has 0 bridgehead atoms. The molecule has 0 unspecified atom stereocenters. The van der Waals surface area contributed by atoms with Crippen molar-refractivity contribution in [2.75, 3.05) is 16.8 Å².